The van der Waals surface area contributed by atoms with Gasteiger partial charge >= 0.3 is 0 Å². The predicted octanol–water partition coefficient (Wildman–Crippen LogP) is 1.63. The lowest BCUT2D eigenvalue weighted by Gasteiger charge is -2.11. The summed E-state index contributed by atoms with van der Waals surface area (Å²) in [6.07, 6.45) is -0.583. The highest BCUT2D eigenvalue weighted by Crippen LogP contribution is 2.21. The van der Waals surface area contributed by atoms with Gasteiger partial charge in [0.05, 0.1) is 16.2 Å². The van der Waals surface area contributed by atoms with Crippen molar-refractivity contribution in [3.63, 3.8) is 0 Å². The van der Waals surface area contributed by atoms with Gasteiger partial charge in [0.2, 0.25) is 0 Å². The van der Waals surface area contributed by atoms with Crippen LogP contribution >= 0.6 is 0 Å². The third-order valence-corrected chi connectivity index (χ3v) is 4.40. The first-order chi connectivity index (χ1) is 7.84. The van der Waals surface area contributed by atoms with Crippen molar-refractivity contribution in [2.75, 3.05) is 6.61 Å². The van der Waals surface area contributed by atoms with Crippen molar-refractivity contribution >= 4 is 9.84 Å². The molecule has 0 aromatic heterocycles. The van der Waals surface area contributed by atoms with Gasteiger partial charge in [0.1, 0.15) is 12.4 Å². The first kappa shape index (κ1) is 14.0. The fourth-order valence-corrected chi connectivity index (χ4v) is 2.32. The molecule has 0 radical (unpaired) electrons. The van der Waals surface area contributed by atoms with Crippen LogP contribution in [0, 0.1) is 0 Å². The zero-order chi connectivity index (χ0) is 13.1. The van der Waals surface area contributed by atoms with Crippen LogP contribution in [0.25, 0.3) is 0 Å². The van der Waals surface area contributed by atoms with E-state index >= 15 is 0 Å². The van der Waals surface area contributed by atoms with E-state index in [0.29, 0.717) is 5.75 Å². The van der Waals surface area contributed by atoms with Gasteiger partial charge < -0.3 is 9.84 Å². The number of aliphatic hydroxyl groups is 1. The van der Waals surface area contributed by atoms with Gasteiger partial charge in [-0.15, -0.1) is 0 Å². The third kappa shape index (κ3) is 3.71. The van der Waals surface area contributed by atoms with Crippen LogP contribution in [0.5, 0.6) is 5.75 Å². The van der Waals surface area contributed by atoms with Gasteiger partial charge in [-0.1, -0.05) is 6.07 Å². The SMILES string of the molecule is CC(C)S(=O)(=O)c1cccc(OC[C@H](C)O)c1. The summed E-state index contributed by atoms with van der Waals surface area (Å²) in [6, 6.07) is 6.33. The second-order valence-corrected chi connectivity index (χ2v) is 6.73. The average molecular weight is 258 g/mol. The van der Waals surface area contributed by atoms with E-state index in [4.69, 9.17) is 9.84 Å². The van der Waals surface area contributed by atoms with E-state index in [1.807, 2.05) is 0 Å². The Bertz CT molecular complexity index is 463. The van der Waals surface area contributed by atoms with E-state index < -0.39 is 21.2 Å². The Morgan fingerprint density at radius 1 is 1.29 bits per heavy atom. The van der Waals surface area contributed by atoms with Crippen molar-refractivity contribution in [3.8, 4) is 5.75 Å². The topological polar surface area (TPSA) is 63.6 Å². The molecular weight excluding hydrogens is 240 g/mol. The van der Waals surface area contributed by atoms with Gasteiger partial charge in [0.15, 0.2) is 9.84 Å². The van der Waals surface area contributed by atoms with Crippen molar-refractivity contribution in [1.29, 1.82) is 0 Å². The smallest absolute Gasteiger partial charge is 0.180 e. The Kier molecular flexibility index (Phi) is 4.54. The van der Waals surface area contributed by atoms with Crippen LogP contribution in [-0.4, -0.2) is 31.5 Å². The summed E-state index contributed by atoms with van der Waals surface area (Å²) >= 11 is 0. The lowest BCUT2D eigenvalue weighted by atomic mass is 10.3. The average Bonchev–Trinajstić information content (AvgIpc) is 2.26. The zero-order valence-electron chi connectivity index (χ0n) is 10.3. The highest BCUT2D eigenvalue weighted by atomic mass is 32.2. The van der Waals surface area contributed by atoms with E-state index in [-0.39, 0.29) is 11.5 Å². The molecule has 1 atom stereocenters. The number of benzene rings is 1. The molecule has 96 valence electrons. The molecule has 0 aliphatic carbocycles. The molecule has 1 rings (SSSR count). The Hall–Kier alpha value is -1.07. The van der Waals surface area contributed by atoms with Crippen molar-refractivity contribution in [2.45, 2.75) is 37.0 Å². The summed E-state index contributed by atoms with van der Waals surface area (Å²) in [4.78, 5) is 0.246. The minimum Gasteiger partial charge on any atom is -0.491 e. The first-order valence-corrected chi connectivity index (χ1v) is 7.03. The summed E-state index contributed by atoms with van der Waals surface area (Å²) < 4.78 is 29.1. The molecule has 1 aromatic rings. The monoisotopic (exact) mass is 258 g/mol. The fraction of sp³-hybridized carbons (Fsp3) is 0.500. The van der Waals surface area contributed by atoms with Crippen LogP contribution in [0.2, 0.25) is 0 Å². The third-order valence-electron chi connectivity index (χ3n) is 2.25. The fourth-order valence-electron chi connectivity index (χ4n) is 1.23. The molecule has 4 nitrogen and oxygen atoms in total. The van der Waals surface area contributed by atoms with Crippen LogP contribution < -0.4 is 4.74 Å². The van der Waals surface area contributed by atoms with Crippen molar-refractivity contribution in [1.82, 2.24) is 0 Å². The van der Waals surface area contributed by atoms with Crippen molar-refractivity contribution in [2.24, 2.45) is 0 Å². The normalized spacial score (nSPS) is 13.7. The number of hydrogen-bond acceptors (Lipinski definition) is 4. The second kappa shape index (κ2) is 5.51. The Morgan fingerprint density at radius 3 is 2.47 bits per heavy atom. The Morgan fingerprint density at radius 2 is 1.94 bits per heavy atom. The molecule has 0 aliphatic heterocycles. The van der Waals surface area contributed by atoms with E-state index in [2.05, 4.69) is 0 Å². The molecular formula is C12H18O4S. The molecule has 1 aromatic carbocycles. The van der Waals surface area contributed by atoms with Crippen LogP contribution in [0.15, 0.2) is 29.2 Å². The highest BCUT2D eigenvalue weighted by Gasteiger charge is 2.19. The molecule has 1 N–H and O–H groups in total. The number of aliphatic hydroxyl groups excluding tert-OH is 1. The molecule has 0 saturated heterocycles. The number of rotatable bonds is 5. The molecule has 0 saturated carbocycles. The molecule has 0 unspecified atom stereocenters. The maximum atomic E-state index is 11.9. The number of sulfone groups is 1. The van der Waals surface area contributed by atoms with E-state index in [9.17, 15) is 8.42 Å². The van der Waals surface area contributed by atoms with Gasteiger partial charge in [0, 0.05) is 0 Å². The van der Waals surface area contributed by atoms with Gasteiger partial charge in [-0.05, 0) is 39.0 Å². The molecule has 0 bridgehead atoms. The van der Waals surface area contributed by atoms with E-state index in [1.165, 1.54) is 6.07 Å². The van der Waals surface area contributed by atoms with Crippen LogP contribution in [0.3, 0.4) is 0 Å². The summed E-state index contributed by atoms with van der Waals surface area (Å²) in [6.45, 7) is 5.03. The van der Waals surface area contributed by atoms with Gasteiger partial charge in [-0.3, -0.25) is 0 Å². The Labute approximate surface area is 102 Å². The van der Waals surface area contributed by atoms with Crippen LogP contribution in [-0.2, 0) is 9.84 Å². The first-order valence-electron chi connectivity index (χ1n) is 5.49. The molecule has 0 amide bonds. The van der Waals surface area contributed by atoms with Crippen LogP contribution in [0.1, 0.15) is 20.8 Å². The van der Waals surface area contributed by atoms with E-state index in [0.717, 1.165) is 0 Å². The highest BCUT2D eigenvalue weighted by molar-refractivity contribution is 7.92. The molecule has 17 heavy (non-hydrogen) atoms. The van der Waals surface area contributed by atoms with Crippen molar-refractivity contribution < 1.29 is 18.3 Å². The Balaban J connectivity index is 2.94. The summed E-state index contributed by atoms with van der Waals surface area (Å²) in [5.41, 5.74) is 0. The van der Waals surface area contributed by atoms with Crippen LogP contribution in [0.4, 0.5) is 0 Å². The molecule has 0 fully saturated rings. The molecule has 5 heteroatoms. The maximum Gasteiger partial charge on any atom is 0.180 e. The molecule has 0 aliphatic rings. The summed E-state index contributed by atoms with van der Waals surface area (Å²) in [5, 5.41) is 8.62. The second-order valence-electron chi connectivity index (χ2n) is 4.23. The van der Waals surface area contributed by atoms with E-state index in [1.54, 1.807) is 39.0 Å². The maximum absolute atomic E-state index is 11.9. The number of hydrogen-bond donors (Lipinski definition) is 1. The zero-order valence-corrected chi connectivity index (χ0v) is 11.1. The molecule has 0 heterocycles. The lowest BCUT2D eigenvalue weighted by molar-refractivity contribution is 0.122. The van der Waals surface area contributed by atoms with Gasteiger partial charge in [0.25, 0.3) is 0 Å². The van der Waals surface area contributed by atoms with Gasteiger partial charge in [-0.25, -0.2) is 8.42 Å². The van der Waals surface area contributed by atoms with Crippen molar-refractivity contribution in [3.05, 3.63) is 24.3 Å². The summed E-state index contributed by atoms with van der Waals surface area (Å²) in [5.74, 6) is 0.452. The number of ether oxygens (including phenoxy) is 1. The predicted molar refractivity (Wildman–Crippen MR) is 65.9 cm³/mol. The quantitative estimate of drug-likeness (QED) is 0.872. The minimum absolute atomic E-state index is 0.144. The largest absolute Gasteiger partial charge is 0.491 e. The standard InChI is InChI=1S/C12H18O4S/c1-9(2)17(14,15)12-6-4-5-11(7-12)16-8-10(3)13/h4-7,9-10,13H,8H2,1-3H3/t10-/m0/s1. The molecule has 0 spiro atoms. The van der Waals surface area contributed by atoms with Gasteiger partial charge in [-0.2, -0.15) is 0 Å². The lowest BCUT2D eigenvalue weighted by Crippen LogP contribution is -2.15. The minimum atomic E-state index is -3.28. The summed E-state index contributed by atoms with van der Waals surface area (Å²) in [7, 11) is -3.28.